The molecule has 180 valence electrons. The molecular formula is C27H32F4O2. The molecule has 33 heavy (non-hydrogen) atoms. The van der Waals surface area contributed by atoms with Gasteiger partial charge in [0.15, 0.2) is 17.5 Å². The fourth-order valence-electron chi connectivity index (χ4n) is 4.90. The fraction of sp³-hybridized carbons (Fsp3) is 0.481. The molecule has 0 spiro atoms. The normalized spacial score (nSPS) is 26.7. The van der Waals surface area contributed by atoms with Crippen molar-refractivity contribution in [3.63, 3.8) is 0 Å². The number of hydrogen-bond acceptors (Lipinski definition) is 2. The number of ether oxygens (including phenoxy) is 1. The molecule has 0 amide bonds. The van der Waals surface area contributed by atoms with Gasteiger partial charge >= 0.3 is 0 Å². The van der Waals surface area contributed by atoms with Crippen molar-refractivity contribution in [3.8, 4) is 0 Å². The second-order valence-corrected chi connectivity index (χ2v) is 9.13. The van der Waals surface area contributed by atoms with Crippen LogP contribution in [-0.4, -0.2) is 18.3 Å². The average Bonchev–Trinajstić information content (AvgIpc) is 2.83. The lowest BCUT2D eigenvalue weighted by atomic mass is 9.77. The molecule has 0 atom stereocenters. The standard InChI is InChI=1S/C27H32F4O2/c1-16(24(28)25(29)17(2)33-3)4-5-18-6-8-19(9-7-18)22-14-15-23(27(31)26(22)30)20-10-12-21(32)13-11-20/h4-5,14-15,18-21,32H,1-2,6-13H2,3H3/b5-4+,25-24-. The minimum atomic E-state index is -1.18. The van der Waals surface area contributed by atoms with Crippen LogP contribution in [0.4, 0.5) is 17.6 Å². The molecule has 2 fully saturated rings. The molecule has 1 aromatic carbocycles. The van der Waals surface area contributed by atoms with Crippen molar-refractivity contribution in [1.82, 2.24) is 0 Å². The lowest BCUT2D eigenvalue weighted by Gasteiger charge is -2.29. The molecule has 1 aromatic rings. The van der Waals surface area contributed by atoms with Crippen LogP contribution in [-0.2, 0) is 4.74 Å². The Morgan fingerprint density at radius 3 is 1.85 bits per heavy atom. The number of halogens is 4. The van der Waals surface area contributed by atoms with Gasteiger partial charge in [-0.15, -0.1) is 0 Å². The number of rotatable bonds is 7. The molecule has 0 heterocycles. The summed E-state index contributed by atoms with van der Waals surface area (Å²) in [5, 5.41) is 9.66. The maximum absolute atomic E-state index is 14.9. The summed E-state index contributed by atoms with van der Waals surface area (Å²) >= 11 is 0. The zero-order chi connectivity index (χ0) is 24.1. The maximum Gasteiger partial charge on any atom is 0.200 e. The van der Waals surface area contributed by atoms with Crippen molar-refractivity contribution in [2.45, 2.75) is 69.3 Å². The molecule has 6 heteroatoms. The Bertz CT molecular complexity index is 934. The van der Waals surface area contributed by atoms with Crippen molar-refractivity contribution in [2.24, 2.45) is 5.92 Å². The lowest BCUT2D eigenvalue weighted by Crippen LogP contribution is -2.19. The van der Waals surface area contributed by atoms with Gasteiger partial charge in [0.25, 0.3) is 0 Å². The maximum atomic E-state index is 14.9. The van der Waals surface area contributed by atoms with E-state index in [1.54, 1.807) is 18.2 Å². The van der Waals surface area contributed by atoms with Crippen molar-refractivity contribution in [3.05, 3.63) is 83.2 Å². The van der Waals surface area contributed by atoms with Crippen LogP contribution in [0.15, 0.2) is 60.4 Å². The smallest absolute Gasteiger partial charge is 0.200 e. The van der Waals surface area contributed by atoms with Crippen LogP contribution in [0.25, 0.3) is 0 Å². The summed E-state index contributed by atoms with van der Waals surface area (Å²) in [6.45, 7) is 6.83. The van der Waals surface area contributed by atoms with E-state index in [0.717, 1.165) is 12.8 Å². The Labute approximate surface area is 193 Å². The number of methoxy groups -OCH3 is 1. The molecule has 0 bridgehead atoms. The molecular weight excluding hydrogens is 432 g/mol. The van der Waals surface area contributed by atoms with Crippen LogP contribution in [0.1, 0.15) is 74.3 Å². The molecule has 2 aliphatic rings. The second kappa shape index (κ2) is 11.2. The van der Waals surface area contributed by atoms with Gasteiger partial charge < -0.3 is 9.84 Å². The highest BCUT2D eigenvalue weighted by atomic mass is 19.2. The van der Waals surface area contributed by atoms with E-state index in [1.165, 1.54) is 13.2 Å². The third-order valence-electron chi connectivity index (χ3n) is 7.03. The molecule has 2 nitrogen and oxygen atoms in total. The summed E-state index contributed by atoms with van der Waals surface area (Å²) in [6, 6.07) is 3.43. The van der Waals surface area contributed by atoms with E-state index in [9.17, 15) is 22.7 Å². The predicted octanol–water partition coefficient (Wildman–Crippen LogP) is 7.68. The van der Waals surface area contributed by atoms with E-state index in [0.29, 0.717) is 49.7 Å². The first-order valence-electron chi connectivity index (χ1n) is 11.5. The van der Waals surface area contributed by atoms with Crippen LogP contribution in [0, 0.1) is 17.6 Å². The summed E-state index contributed by atoms with van der Waals surface area (Å²) in [5.41, 5.74) is 0.719. The number of benzene rings is 1. The van der Waals surface area contributed by atoms with Crippen molar-refractivity contribution in [1.29, 1.82) is 0 Å². The Balaban J connectivity index is 1.61. The molecule has 2 saturated carbocycles. The molecule has 0 aliphatic heterocycles. The number of aliphatic hydroxyl groups is 1. The van der Waals surface area contributed by atoms with Crippen molar-refractivity contribution >= 4 is 0 Å². The topological polar surface area (TPSA) is 29.5 Å². The Morgan fingerprint density at radius 1 is 0.879 bits per heavy atom. The Hall–Kier alpha value is -2.34. The summed E-state index contributed by atoms with van der Waals surface area (Å²) in [6.07, 6.45) is 8.28. The van der Waals surface area contributed by atoms with Crippen LogP contribution >= 0.6 is 0 Å². The van der Waals surface area contributed by atoms with Gasteiger partial charge in [-0.3, -0.25) is 0 Å². The minimum Gasteiger partial charge on any atom is -0.494 e. The van der Waals surface area contributed by atoms with Gasteiger partial charge in [0.2, 0.25) is 5.83 Å². The van der Waals surface area contributed by atoms with Crippen molar-refractivity contribution < 1.29 is 27.4 Å². The van der Waals surface area contributed by atoms with Gasteiger partial charge in [0, 0.05) is 5.57 Å². The van der Waals surface area contributed by atoms with Crippen LogP contribution < -0.4 is 0 Å². The minimum absolute atomic E-state index is 0.0498. The average molecular weight is 465 g/mol. The summed E-state index contributed by atoms with van der Waals surface area (Å²) in [5.74, 6) is -4.21. The van der Waals surface area contributed by atoms with Gasteiger partial charge in [-0.05, 0) is 80.2 Å². The summed E-state index contributed by atoms with van der Waals surface area (Å²) < 4.78 is 62.2. The summed E-state index contributed by atoms with van der Waals surface area (Å²) in [4.78, 5) is 0. The highest BCUT2D eigenvalue weighted by Gasteiger charge is 2.29. The quantitative estimate of drug-likeness (QED) is 0.255. The molecule has 0 unspecified atom stereocenters. The first-order chi connectivity index (χ1) is 15.7. The van der Waals surface area contributed by atoms with E-state index < -0.39 is 29.0 Å². The number of hydrogen-bond donors (Lipinski definition) is 1. The van der Waals surface area contributed by atoms with Gasteiger partial charge in [-0.2, -0.15) is 4.39 Å². The third-order valence-corrected chi connectivity index (χ3v) is 7.03. The molecule has 0 radical (unpaired) electrons. The van der Waals surface area contributed by atoms with E-state index >= 15 is 0 Å². The molecule has 1 N–H and O–H groups in total. The first-order valence-corrected chi connectivity index (χ1v) is 11.5. The number of allylic oxidation sites excluding steroid dienone is 5. The largest absolute Gasteiger partial charge is 0.494 e. The third kappa shape index (κ3) is 5.97. The monoisotopic (exact) mass is 464 g/mol. The van der Waals surface area contributed by atoms with Gasteiger partial charge in [0.1, 0.15) is 5.76 Å². The molecule has 2 aliphatic carbocycles. The molecule has 3 rings (SSSR count). The SMILES string of the molecule is C=C(/C=C/C1CCC(c2ccc(C3CCC(O)CC3)c(F)c2F)CC1)/C(F)=C(/F)C(=C)OC. The molecule has 0 saturated heterocycles. The zero-order valence-corrected chi connectivity index (χ0v) is 19.1. The van der Waals surface area contributed by atoms with Gasteiger partial charge in [0.05, 0.1) is 13.2 Å². The van der Waals surface area contributed by atoms with E-state index in [-0.39, 0.29) is 29.4 Å². The van der Waals surface area contributed by atoms with Gasteiger partial charge in [-0.25, -0.2) is 13.2 Å². The second-order valence-electron chi connectivity index (χ2n) is 9.13. The van der Waals surface area contributed by atoms with E-state index in [4.69, 9.17) is 0 Å². The van der Waals surface area contributed by atoms with Crippen molar-refractivity contribution in [2.75, 3.05) is 7.11 Å². The van der Waals surface area contributed by atoms with Crippen LogP contribution in [0.3, 0.4) is 0 Å². The van der Waals surface area contributed by atoms with Gasteiger partial charge in [-0.1, -0.05) is 37.4 Å². The predicted molar refractivity (Wildman–Crippen MR) is 122 cm³/mol. The number of aliphatic hydroxyl groups excluding tert-OH is 1. The first kappa shape index (κ1) is 25.3. The highest BCUT2D eigenvalue weighted by Crippen LogP contribution is 2.41. The summed E-state index contributed by atoms with van der Waals surface area (Å²) in [7, 11) is 1.20. The van der Waals surface area contributed by atoms with Crippen LogP contribution in [0.5, 0.6) is 0 Å². The van der Waals surface area contributed by atoms with E-state index in [2.05, 4.69) is 17.9 Å². The highest BCUT2D eigenvalue weighted by molar-refractivity contribution is 5.39. The van der Waals surface area contributed by atoms with E-state index in [1.807, 2.05) is 0 Å². The molecule has 0 aromatic heterocycles. The lowest BCUT2D eigenvalue weighted by molar-refractivity contribution is 0.122. The van der Waals surface area contributed by atoms with Crippen LogP contribution in [0.2, 0.25) is 0 Å². The zero-order valence-electron chi connectivity index (χ0n) is 19.1. The Morgan fingerprint density at radius 2 is 1.36 bits per heavy atom. The fourth-order valence-corrected chi connectivity index (χ4v) is 4.90. The Kier molecular flexibility index (Phi) is 8.57.